The summed E-state index contributed by atoms with van der Waals surface area (Å²) >= 11 is 0. The smallest absolute Gasteiger partial charge is 0.377 e. The van der Waals surface area contributed by atoms with Gasteiger partial charge in [0.25, 0.3) is 5.82 Å². The summed E-state index contributed by atoms with van der Waals surface area (Å²) in [6, 6.07) is 6.85. The summed E-state index contributed by atoms with van der Waals surface area (Å²) in [6.07, 6.45) is 4.59. The van der Waals surface area contributed by atoms with Gasteiger partial charge < -0.3 is 4.74 Å². The molecule has 0 atom stereocenters. The molecule has 0 N–H and O–H groups in total. The number of hydrogen-bond acceptors (Lipinski definition) is 5. The Labute approximate surface area is 140 Å². The molecule has 7 heteroatoms. The number of methoxy groups -OCH3 is 1. The van der Waals surface area contributed by atoms with Crippen molar-refractivity contribution < 1.29 is 13.9 Å². The molecule has 1 aromatic heterocycles. The highest BCUT2D eigenvalue weighted by Gasteiger charge is 2.20. The molecule has 0 unspecified atom stereocenters. The number of piperidine rings is 1. The Morgan fingerprint density at radius 2 is 2.17 bits per heavy atom. The van der Waals surface area contributed by atoms with Gasteiger partial charge in [-0.2, -0.15) is 0 Å². The molecule has 1 aromatic carbocycles. The topological polar surface area (TPSA) is 60.2 Å². The number of esters is 1. The van der Waals surface area contributed by atoms with Crippen LogP contribution < -0.4 is 0 Å². The SMILES string of the molecule is COC(=O)c1ncn(CN2CCC(Cc3cccc(F)c3)CC2)n1. The summed E-state index contributed by atoms with van der Waals surface area (Å²) in [6.45, 7) is 2.51. The molecule has 3 rings (SSSR count). The number of carbonyl (C=O) groups excluding carboxylic acids is 1. The van der Waals surface area contributed by atoms with Crippen molar-refractivity contribution in [2.24, 2.45) is 5.92 Å². The van der Waals surface area contributed by atoms with Crippen LogP contribution in [-0.2, 0) is 17.8 Å². The van der Waals surface area contributed by atoms with E-state index >= 15 is 0 Å². The van der Waals surface area contributed by atoms with Gasteiger partial charge in [-0.25, -0.2) is 18.9 Å². The summed E-state index contributed by atoms with van der Waals surface area (Å²) < 4.78 is 19.5. The number of carbonyl (C=O) groups is 1. The largest absolute Gasteiger partial charge is 0.463 e. The summed E-state index contributed by atoms with van der Waals surface area (Å²) in [5, 5.41) is 4.12. The highest BCUT2D eigenvalue weighted by Crippen LogP contribution is 2.22. The lowest BCUT2D eigenvalue weighted by molar-refractivity contribution is 0.0585. The molecule has 1 fully saturated rings. The first-order valence-electron chi connectivity index (χ1n) is 8.08. The lowest BCUT2D eigenvalue weighted by atomic mass is 9.90. The second kappa shape index (κ2) is 7.53. The van der Waals surface area contributed by atoms with Crippen LogP contribution in [0.25, 0.3) is 0 Å². The molecular formula is C17H21FN4O2. The van der Waals surface area contributed by atoms with Crippen molar-refractivity contribution in [3.8, 4) is 0 Å². The predicted molar refractivity (Wildman–Crippen MR) is 85.8 cm³/mol. The van der Waals surface area contributed by atoms with Crippen molar-refractivity contribution in [3.05, 3.63) is 47.8 Å². The molecule has 0 bridgehead atoms. The Bertz CT molecular complexity index is 695. The maximum atomic E-state index is 13.3. The van der Waals surface area contributed by atoms with Gasteiger partial charge in [0.15, 0.2) is 0 Å². The van der Waals surface area contributed by atoms with Crippen molar-refractivity contribution in [3.63, 3.8) is 0 Å². The molecule has 6 nitrogen and oxygen atoms in total. The van der Waals surface area contributed by atoms with E-state index in [1.54, 1.807) is 23.1 Å². The van der Waals surface area contributed by atoms with E-state index in [4.69, 9.17) is 0 Å². The predicted octanol–water partition coefficient (Wildman–Crippen LogP) is 2.12. The lowest BCUT2D eigenvalue weighted by Crippen LogP contribution is -2.35. The molecule has 0 radical (unpaired) electrons. The van der Waals surface area contributed by atoms with Crippen molar-refractivity contribution in [1.82, 2.24) is 19.7 Å². The van der Waals surface area contributed by atoms with Crippen LogP contribution in [0.15, 0.2) is 30.6 Å². The number of rotatable bonds is 5. The molecule has 0 saturated carbocycles. The van der Waals surface area contributed by atoms with E-state index in [0.717, 1.165) is 37.9 Å². The van der Waals surface area contributed by atoms with Crippen LogP contribution in [0.4, 0.5) is 4.39 Å². The third-order valence-corrected chi connectivity index (χ3v) is 4.37. The van der Waals surface area contributed by atoms with Gasteiger partial charge in [0.2, 0.25) is 0 Å². The summed E-state index contributed by atoms with van der Waals surface area (Å²) in [5.74, 6) is -0.0389. The fourth-order valence-electron chi connectivity index (χ4n) is 3.08. The normalized spacial score (nSPS) is 16.2. The maximum absolute atomic E-state index is 13.3. The van der Waals surface area contributed by atoms with E-state index in [-0.39, 0.29) is 11.6 Å². The first-order chi connectivity index (χ1) is 11.6. The van der Waals surface area contributed by atoms with Crippen molar-refractivity contribution >= 4 is 5.97 Å². The van der Waals surface area contributed by atoms with Crippen molar-refractivity contribution in [1.29, 1.82) is 0 Å². The summed E-state index contributed by atoms with van der Waals surface area (Å²) in [4.78, 5) is 17.6. The van der Waals surface area contributed by atoms with E-state index in [0.29, 0.717) is 12.6 Å². The molecule has 0 aliphatic carbocycles. The number of ether oxygens (including phenoxy) is 1. The molecule has 24 heavy (non-hydrogen) atoms. The zero-order valence-electron chi connectivity index (χ0n) is 13.7. The zero-order valence-corrected chi connectivity index (χ0v) is 13.7. The lowest BCUT2D eigenvalue weighted by Gasteiger charge is -2.31. The third-order valence-electron chi connectivity index (χ3n) is 4.37. The molecule has 128 valence electrons. The van der Waals surface area contributed by atoms with Crippen LogP contribution in [0.1, 0.15) is 29.0 Å². The number of likely N-dealkylation sites (tertiary alicyclic amines) is 1. The first-order valence-corrected chi connectivity index (χ1v) is 8.08. The van der Waals surface area contributed by atoms with Crippen LogP contribution >= 0.6 is 0 Å². The van der Waals surface area contributed by atoms with Crippen molar-refractivity contribution in [2.45, 2.75) is 25.9 Å². The fourth-order valence-corrected chi connectivity index (χ4v) is 3.08. The van der Waals surface area contributed by atoms with E-state index < -0.39 is 5.97 Å². The quantitative estimate of drug-likeness (QED) is 0.785. The third kappa shape index (κ3) is 4.17. The number of hydrogen-bond donors (Lipinski definition) is 0. The zero-order chi connectivity index (χ0) is 16.9. The van der Waals surface area contributed by atoms with Gasteiger partial charge in [-0.3, -0.25) is 4.90 Å². The van der Waals surface area contributed by atoms with Gasteiger partial charge >= 0.3 is 5.97 Å². The monoisotopic (exact) mass is 332 g/mol. The maximum Gasteiger partial charge on any atom is 0.377 e. The van der Waals surface area contributed by atoms with E-state index in [2.05, 4.69) is 19.7 Å². The highest BCUT2D eigenvalue weighted by molar-refractivity contribution is 5.84. The molecular weight excluding hydrogens is 311 g/mol. The van der Waals surface area contributed by atoms with Gasteiger partial charge in [0.1, 0.15) is 12.1 Å². The molecule has 1 aliphatic rings. The number of halogens is 1. The fraction of sp³-hybridized carbons (Fsp3) is 0.471. The Balaban J connectivity index is 1.48. The van der Waals surface area contributed by atoms with Crippen LogP contribution in [-0.4, -0.2) is 45.8 Å². The molecule has 2 heterocycles. The molecule has 2 aromatic rings. The van der Waals surface area contributed by atoms with Crippen LogP contribution in [0.5, 0.6) is 0 Å². The molecule has 0 spiro atoms. The van der Waals surface area contributed by atoms with Gasteiger partial charge in [-0.1, -0.05) is 12.1 Å². The standard InChI is InChI=1S/C17H21FN4O2/c1-24-17(23)16-19-11-22(20-16)12-21-7-5-13(6-8-21)9-14-3-2-4-15(18)10-14/h2-4,10-11,13H,5-9,12H2,1H3. The number of benzene rings is 1. The van der Waals surface area contributed by atoms with Gasteiger partial charge in [-0.15, -0.1) is 5.10 Å². The Morgan fingerprint density at radius 1 is 1.38 bits per heavy atom. The van der Waals surface area contributed by atoms with Crippen molar-refractivity contribution in [2.75, 3.05) is 20.2 Å². The minimum atomic E-state index is -0.525. The number of nitrogens with zero attached hydrogens (tertiary/aromatic N) is 4. The summed E-state index contributed by atoms with van der Waals surface area (Å²) in [7, 11) is 1.31. The van der Waals surface area contributed by atoms with E-state index in [1.165, 1.54) is 13.2 Å². The minimum absolute atomic E-state index is 0.0819. The Morgan fingerprint density at radius 3 is 2.88 bits per heavy atom. The van der Waals surface area contributed by atoms with Gasteiger partial charge in [0.05, 0.1) is 13.8 Å². The average molecular weight is 332 g/mol. The first kappa shape index (κ1) is 16.6. The van der Waals surface area contributed by atoms with Crippen LogP contribution in [0, 0.1) is 11.7 Å². The van der Waals surface area contributed by atoms with Gasteiger partial charge in [-0.05, 0) is 42.9 Å². The van der Waals surface area contributed by atoms with Crippen LogP contribution in [0.2, 0.25) is 0 Å². The minimum Gasteiger partial charge on any atom is -0.463 e. The average Bonchev–Trinajstić information content (AvgIpc) is 3.04. The molecule has 1 saturated heterocycles. The molecule has 0 amide bonds. The second-order valence-electron chi connectivity index (χ2n) is 6.14. The Hall–Kier alpha value is -2.28. The van der Waals surface area contributed by atoms with Crippen LogP contribution in [0.3, 0.4) is 0 Å². The van der Waals surface area contributed by atoms with Gasteiger partial charge in [0, 0.05) is 13.1 Å². The second-order valence-corrected chi connectivity index (χ2v) is 6.14. The molecule has 1 aliphatic heterocycles. The van der Waals surface area contributed by atoms with E-state index in [9.17, 15) is 9.18 Å². The highest BCUT2D eigenvalue weighted by atomic mass is 19.1. The summed E-state index contributed by atoms with van der Waals surface area (Å²) in [5.41, 5.74) is 1.06. The number of aromatic nitrogens is 3. The Kier molecular flexibility index (Phi) is 5.20. The van der Waals surface area contributed by atoms with E-state index in [1.807, 2.05) is 6.07 Å².